The van der Waals surface area contributed by atoms with E-state index in [4.69, 9.17) is 0 Å². The lowest BCUT2D eigenvalue weighted by Crippen LogP contribution is -2.13. The molecule has 2 aromatic rings. The molecule has 2 rings (SSSR count). The smallest absolute Gasteiger partial charge is 0.336 e. The van der Waals surface area contributed by atoms with Crippen LogP contribution >= 0.6 is 0 Å². The normalized spacial score (nSPS) is 10.3. The number of aromatic carboxylic acids is 1. The maximum atomic E-state index is 14.3. The van der Waals surface area contributed by atoms with Crippen molar-refractivity contribution in [1.82, 2.24) is 0 Å². The summed E-state index contributed by atoms with van der Waals surface area (Å²) < 4.78 is 14.3. The van der Waals surface area contributed by atoms with Gasteiger partial charge in [-0.2, -0.15) is 0 Å². The number of phenols is 1. The molecule has 0 aliphatic carbocycles. The Morgan fingerprint density at radius 3 is 2.45 bits per heavy atom. The van der Waals surface area contributed by atoms with Gasteiger partial charge in [-0.1, -0.05) is 24.8 Å². The van der Waals surface area contributed by atoms with Gasteiger partial charge in [-0.3, -0.25) is 4.79 Å². The molecule has 0 aliphatic heterocycles. The van der Waals surface area contributed by atoms with Crippen molar-refractivity contribution in [2.75, 3.05) is 0 Å². The van der Waals surface area contributed by atoms with Crippen molar-refractivity contribution in [1.29, 1.82) is 0 Å². The SMILES string of the molecule is C=Cc1ccc(O)c(C(=O)c2c(C)cccc2C(=O)O)c1F. The van der Waals surface area contributed by atoms with Crippen LogP contribution in [-0.4, -0.2) is 22.0 Å². The molecule has 4 nitrogen and oxygen atoms in total. The van der Waals surface area contributed by atoms with Gasteiger partial charge in [0.05, 0.1) is 5.56 Å². The monoisotopic (exact) mass is 300 g/mol. The average molecular weight is 300 g/mol. The predicted molar refractivity (Wildman–Crippen MR) is 79.7 cm³/mol. The molecular weight excluding hydrogens is 287 g/mol. The number of carbonyl (C=O) groups is 2. The van der Waals surface area contributed by atoms with Gasteiger partial charge in [-0.25, -0.2) is 9.18 Å². The van der Waals surface area contributed by atoms with E-state index in [2.05, 4.69) is 6.58 Å². The van der Waals surface area contributed by atoms with E-state index in [9.17, 15) is 24.2 Å². The van der Waals surface area contributed by atoms with Gasteiger partial charge in [-0.15, -0.1) is 0 Å². The third kappa shape index (κ3) is 2.48. The maximum absolute atomic E-state index is 14.3. The number of aromatic hydroxyl groups is 1. The van der Waals surface area contributed by atoms with Crippen molar-refractivity contribution < 1.29 is 24.2 Å². The summed E-state index contributed by atoms with van der Waals surface area (Å²) >= 11 is 0. The molecule has 22 heavy (non-hydrogen) atoms. The third-order valence-corrected chi connectivity index (χ3v) is 3.33. The number of carbonyl (C=O) groups excluding carboxylic acids is 1. The van der Waals surface area contributed by atoms with Crippen molar-refractivity contribution in [3.05, 3.63) is 70.5 Å². The van der Waals surface area contributed by atoms with Gasteiger partial charge >= 0.3 is 5.97 Å². The Hall–Kier alpha value is -2.95. The first kappa shape index (κ1) is 15.4. The molecule has 0 amide bonds. The summed E-state index contributed by atoms with van der Waals surface area (Å²) in [4.78, 5) is 23.9. The fraction of sp³-hybridized carbons (Fsp3) is 0.0588. The molecule has 0 fully saturated rings. The largest absolute Gasteiger partial charge is 0.507 e. The van der Waals surface area contributed by atoms with Crippen molar-refractivity contribution in [3.8, 4) is 5.75 Å². The number of carboxylic acid groups (broad SMARTS) is 1. The fourth-order valence-corrected chi connectivity index (χ4v) is 2.23. The topological polar surface area (TPSA) is 74.6 Å². The quantitative estimate of drug-likeness (QED) is 0.848. The Kier molecular flexibility index (Phi) is 4.08. The molecule has 2 aromatic carbocycles. The first-order valence-electron chi connectivity index (χ1n) is 6.40. The van der Waals surface area contributed by atoms with Crippen LogP contribution in [0.1, 0.15) is 37.4 Å². The zero-order chi connectivity index (χ0) is 16.4. The molecule has 0 aromatic heterocycles. The second-order valence-electron chi connectivity index (χ2n) is 4.70. The van der Waals surface area contributed by atoms with E-state index in [0.29, 0.717) is 5.56 Å². The Bertz CT molecular complexity index is 793. The molecule has 0 aliphatic rings. The number of carboxylic acids is 1. The first-order valence-corrected chi connectivity index (χ1v) is 6.40. The zero-order valence-corrected chi connectivity index (χ0v) is 11.8. The van der Waals surface area contributed by atoms with Gasteiger partial charge in [0.2, 0.25) is 5.78 Å². The second kappa shape index (κ2) is 5.81. The Morgan fingerprint density at radius 2 is 1.86 bits per heavy atom. The van der Waals surface area contributed by atoms with E-state index in [0.717, 1.165) is 0 Å². The molecule has 0 saturated heterocycles. The van der Waals surface area contributed by atoms with E-state index in [-0.39, 0.29) is 16.7 Å². The van der Waals surface area contributed by atoms with Crippen LogP contribution in [0.4, 0.5) is 4.39 Å². The Balaban J connectivity index is 2.74. The van der Waals surface area contributed by atoms with E-state index in [1.165, 1.54) is 30.3 Å². The van der Waals surface area contributed by atoms with Crippen LogP contribution in [0, 0.1) is 12.7 Å². The molecule has 2 N–H and O–H groups in total. The minimum absolute atomic E-state index is 0.0478. The minimum atomic E-state index is -1.30. The van der Waals surface area contributed by atoms with Gasteiger partial charge in [-0.05, 0) is 30.7 Å². The molecule has 112 valence electrons. The van der Waals surface area contributed by atoms with Crippen molar-refractivity contribution in [2.45, 2.75) is 6.92 Å². The predicted octanol–water partition coefficient (Wildman–Crippen LogP) is 3.41. The van der Waals surface area contributed by atoms with Gasteiger partial charge in [0.15, 0.2) is 0 Å². The number of ketones is 1. The minimum Gasteiger partial charge on any atom is -0.507 e. The van der Waals surface area contributed by atoms with E-state index in [1.807, 2.05) is 0 Å². The molecule has 0 saturated carbocycles. The number of halogens is 1. The highest BCUT2D eigenvalue weighted by atomic mass is 19.1. The lowest BCUT2D eigenvalue weighted by molar-refractivity contribution is 0.0692. The molecule has 0 heterocycles. The van der Waals surface area contributed by atoms with Crippen LogP contribution < -0.4 is 0 Å². The van der Waals surface area contributed by atoms with Crippen molar-refractivity contribution >= 4 is 17.8 Å². The maximum Gasteiger partial charge on any atom is 0.336 e. The number of benzene rings is 2. The Morgan fingerprint density at radius 1 is 1.18 bits per heavy atom. The number of hydrogen-bond acceptors (Lipinski definition) is 3. The zero-order valence-electron chi connectivity index (χ0n) is 11.8. The summed E-state index contributed by atoms with van der Waals surface area (Å²) in [6, 6.07) is 6.75. The molecule has 0 spiro atoms. The van der Waals surface area contributed by atoms with Crippen LogP contribution in [0.15, 0.2) is 36.9 Å². The van der Waals surface area contributed by atoms with Crippen LogP contribution in [0.2, 0.25) is 0 Å². The lowest BCUT2D eigenvalue weighted by Gasteiger charge is -2.12. The molecular formula is C17H13FO4. The first-order chi connectivity index (χ1) is 10.4. The summed E-state index contributed by atoms with van der Waals surface area (Å²) in [5.41, 5.74) is -0.522. The summed E-state index contributed by atoms with van der Waals surface area (Å²) in [5.74, 6) is -3.66. The standard InChI is InChI=1S/C17H13FO4/c1-3-10-7-8-12(19)14(15(10)18)16(20)13-9(2)5-4-6-11(13)17(21)22/h3-8,19H,1H2,2H3,(H,21,22). The molecule has 0 unspecified atom stereocenters. The van der Waals surface area contributed by atoms with E-state index in [1.54, 1.807) is 13.0 Å². The van der Waals surface area contributed by atoms with Crippen molar-refractivity contribution in [3.63, 3.8) is 0 Å². The van der Waals surface area contributed by atoms with Gasteiger partial charge in [0, 0.05) is 11.1 Å². The summed E-state index contributed by atoms with van der Waals surface area (Å²) in [5, 5.41) is 19.0. The Labute approximate surface area is 126 Å². The van der Waals surface area contributed by atoms with Crippen LogP contribution in [-0.2, 0) is 0 Å². The van der Waals surface area contributed by atoms with E-state index < -0.39 is 28.9 Å². The number of phenolic OH excluding ortho intramolecular Hbond substituents is 1. The summed E-state index contributed by atoms with van der Waals surface area (Å²) in [6.07, 6.45) is 1.21. The van der Waals surface area contributed by atoms with Gasteiger partial charge in [0.25, 0.3) is 0 Å². The highest BCUT2D eigenvalue weighted by Crippen LogP contribution is 2.29. The highest BCUT2D eigenvalue weighted by Gasteiger charge is 2.26. The van der Waals surface area contributed by atoms with Crippen LogP contribution in [0.25, 0.3) is 6.08 Å². The number of rotatable bonds is 4. The third-order valence-electron chi connectivity index (χ3n) is 3.33. The highest BCUT2D eigenvalue weighted by molar-refractivity contribution is 6.16. The summed E-state index contributed by atoms with van der Waals surface area (Å²) in [6.45, 7) is 4.98. The summed E-state index contributed by atoms with van der Waals surface area (Å²) in [7, 11) is 0. The fourth-order valence-electron chi connectivity index (χ4n) is 2.23. The number of aryl methyl sites for hydroxylation is 1. The second-order valence-corrected chi connectivity index (χ2v) is 4.70. The van der Waals surface area contributed by atoms with Crippen LogP contribution in [0.5, 0.6) is 5.75 Å². The van der Waals surface area contributed by atoms with Crippen molar-refractivity contribution in [2.24, 2.45) is 0 Å². The van der Waals surface area contributed by atoms with E-state index >= 15 is 0 Å². The average Bonchev–Trinajstić information content (AvgIpc) is 2.46. The molecule has 5 heteroatoms. The molecule has 0 radical (unpaired) electrons. The molecule has 0 bridgehead atoms. The van der Waals surface area contributed by atoms with Gasteiger partial charge < -0.3 is 10.2 Å². The molecule has 0 atom stereocenters. The number of hydrogen-bond donors (Lipinski definition) is 2. The lowest BCUT2D eigenvalue weighted by atomic mass is 9.92. The van der Waals surface area contributed by atoms with Crippen LogP contribution in [0.3, 0.4) is 0 Å². The van der Waals surface area contributed by atoms with Gasteiger partial charge in [0.1, 0.15) is 17.1 Å².